The first kappa shape index (κ1) is 38.2. The molecule has 0 saturated heterocycles. The molecule has 2 aromatic heterocycles. The Morgan fingerprint density at radius 2 is 1.74 bits per heavy atom. The molecule has 0 spiro atoms. The summed E-state index contributed by atoms with van der Waals surface area (Å²) in [4.78, 5) is 23.2. The smallest absolute Gasteiger partial charge is 0.306 e. The number of carbonyl (C=O) groups is 1. The molecule has 0 amide bonds. The van der Waals surface area contributed by atoms with E-state index >= 15 is 0 Å². The first-order valence-electron chi connectivity index (χ1n) is 18.1. The fraction of sp³-hybridized carbons (Fsp3) is 0.233. The van der Waals surface area contributed by atoms with Crippen LogP contribution >= 0.6 is 57.6 Å². The lowest BCUT2D eigenvalue weighted by Gasteiger charge is -2.19. The van der Waals surface area contributed by atoms with Gasteiger partial charge in [0.1, 0.15) is 9.71 Å². The van der Waals surface area contributed by atoms with E-state index in [1.807, 2.05) is 42.5 Å². The van der Waals surface area contributed by atoms with Crippen molar-refractivity contribution in [3.8, 4) is 0 Å². The second kappa shape index (κ2) is 17.6. The summed E-state index contributed by atoms with van der Waals surface area (Å²) in [7, 11) is 2.05. The number of esters is 1. The van der Waals surface area contributed by atoms with Gasteiger partial charge in [0.25, 0.3) is 5.01 Å². The summed E-state index contributed by atoms with van der Waals surface area (Å²) < 4.78 is 10.3. The van der Waals surface area contributed by atoms with Gasteiger partial charge in [0, 0.05) is 59.3 Å². The van der Waals surface area contributed by atoms with Gasteiger partial charge in [0.2, 0.25) is 5.52 Å². The standard InChI is InChI=1S/C43H41Cl2N4O2S3/c1-4-29(25-41-48(5-2)35-27-31(44)15-19-38(35)53-41)26-42-49(36-28-32(45)16-20-39(36)54-42)23-24-51-43(50)11-8-22-47(3)33-17-12-30(13-18-33)14-21-40-46-34-9-6-7-10-37(34)52-40/h6-7,9-10,12-21,25-28H,4-5,8,11,22-24H2,1-3H3/q+1/b21-14+. The third-order valence-corrected chi connectivity index (χ3v) is 12.9. The van der Waals surface area contributed by atoms with Gasteiger partial charge in [0.15, 0.2) is 13.2 Å². The average Bonchev–Trinajstić information content (AvgIpc) is 3.86. The van der Waals surface area contributed by atoms with E-state index in [9.17, 15) is 4.79 Å². The zero-order valence-corrected chi connectivity index (χ0v) is 34.4. The quantitative estimate of drug-likeness (QED) is 0.0807. The number of carbonyl (C=O) groups excluding carboxylic acids is 1. The van der Waals surface area contributed by atoms with E-state index in [2.05, 4.69) is 107 Å². The monoisotopic (exact) mass is 811 g/mol. The summed E-state index contributed by atoms with van der Waals surface area (Å²) in [5.41, 5.74) is 6.63. The van der Waals surface area contributed by atoms with Crippen LogP contribution in [0.15, 0.2) is 107 Å². The minimum Gasteiger partial charge on any atom is -0.459 e. The second-order valence-corrected chi connectivity index (χ2v) is 17.0. The molecule has 1 aliphatic rings. The third kappa shape index (κ3) is 9.04. The molecule has 6 aromatic rings. The molecule has 0 N–H and O–H groups in total. The number of halogens is 2. The Hall–Kier alpha value is -4.12. The largest absolute Gasteiger partial charge is 0.459 e. The Balaban J connectivity index is 0.941. The maximum absolute atomic E-state index is 12.9. The molecule has 1 aliphatic heterocycles. The molecule has 0 aliphatic carbocycles. The molecule has 11 heteroatoms. The van der Waals surface area contributed by atoms with E-state index in [1.54, 1.807) is 34.4 Å². The molecule has 0 unspecified atom stereocenters. The van der Waals surface area contributed by atoms with Crippen LogP contribution in [-0.4, -0.2) is 37.7 Å². The van der Waals surface area contributed by atoms with Gasteiger partial charge in [-0.25, -0.2) is 4.98 Å². The number of allylic oxidation sites excluding steroid dienone is 2. The van der Waals surface area contributed by atoms with Crippen LogP contribution < -0.4 is 14.4 Å². The molecular formula is C43H41Cl2N4O2S3+. The van der Waals surface area contributed by atoms with Gasteiger partial charge in [-0.15, -0.1) is 11.3 Å². The molecule has 276 valence electrons. The van der Waals surface area contributed by atoms with E-state index in [0.29, 0.717) is 24.4 Å². The van der Waals surface area contributed by atoms with Crippen molar-refractivity contribution in [1.29, 1.82) is 0 Å². The summed E-state index contributed by atoms with van der Waals surface area (Å²) in [5.74, 6) is -0.189. The van der Waals surface area contributed by atoms with E-state index in [-0.39, 0.29) is 12.6 Å². The highest BCUT2D eigenvalue weighted by atomic mass is 35.5. The van der Waals surface area contributed by atoms with Crippen molar-refractivity contribution in [1.82, 2.24) is 4.98 Å². The van der Waals surface area contributed by atoms with Gasteiger partial charge in [-0.05, 0) is 97.7 Å². The van der Waals surface area contributed by atoms with Crippen LogP contribution in [0.5, 0.6) is 0 Å². The Morgan fingerprint density at radius 3 is 2.54 bits per heavy atom. The highest BCUT2D eigenvalue weighted by molar-refractivity contribution is 8.03. The van der Waals surface area contributed by atoms with Crippen molar-refractivity contribution in [2.75, 3.05) is 36.5 Å². The zero-order chi connectivity index (χ0) is 37.6. The number of para-hydroxylation sites is 1. The van der Waals surface area contributed by atoms with E-state index in [4.69, 9.17) is 27.9 Å². The number of rotatable bonds is 14. The van der Waals surface area contributed by atoms with Gasteiger partial charge in [-0.2, -0.15) is 4.57 Å². The minimum absolute atomic E-state index is 0.189. The summed E-state index contributed by atoms with van der Waals surface area (Å²) in [6.45, 7) is 6.75. The number of nitrogens with zero attached hydrogens (tertiary/aromatic N) is 4. The maximum atomic E-state index is 12.9. The number of benzene rings is 4. The summed E-state index contributed by atoms with van der Waals surface area (Å²) in [6, 6.07) is 28.7. The maximum Gasteiger partial charge on any atom is 0.306 e. The number of anilines is 2. The fourth-order valence-corrected chi connectivity index (χ4v) is 9.90. The molecule has 6 nitrogen and oxygen atoms in total. The average molecular weight is 813 g/mol. The predicted molar refractivity (Wildman–Crippen MR) is 232 cm³/mol. The Morgan fingerprint density at radius 1 is 0.944 bits per heavy atom. The third-order valence-electron chi connectivity index (χ3n) is 9.24. The van der Waals surface area contributed by atoms with Crippen LogP contribution in [0.4, 0.5) is 11.4 Å². The summed E-state index contributed by atoms with van der Waals surface area (Å²) in [6.07, 6.45) is 10.6. The van der Waals surface area contributed by atoms with Crippen molar-refractivity contribution in [3.63, 3.8) is 0 Å². The van der Waals surface area contributed by atoms with Gasteiger partial charge in [0.05, 0.1) is 20.9 Å². The second-order valence-electron chi connectivity index (χ2n) is 12.9. The molecule has 0 saturated carbocycles. The Bertz CT molecular complexity index is 2350. The van der Waals surface area contributed by atoms with Crippen LogP contribution in [0.3, 0.4) is 0 Å². The molecule has 7 rings (SSSR count). The molecule has 4 aromatic carbocycles. The lowest BCUT2D eigenvalue weighted by molar-refractivity contribution is -0.669. The van der Waals surface area contributed by atoms with Gasteiger partial charge in [-0.3, -0.25) is 4.79 Å². The van der Waals surface area contributed by atoms with E-state index in [1.165, 1.54) is 20.2 Å². The number of ether oxygens (including phenoxy) is 1. The van der Waals surface area contributed by atoms with Gasteiger partial charge >= 0.3 is 5.97 Å². The number of thioether (sulfide) groups is 1. The Labute approximate surface area is 339 Å². The van der Waals surface area contributed by atoms with Crippen LogP contribution in [0, 0.1) is 0 Å². The van der Waals surface area contributed by atoms with Crippen LogP contribution in [0.1, 0.15) is 48.7 Å². The van der Waals surface area contributed by atoms with Crippen molar-refractivity contribution in [2.45, 2.75) is 44.6 Å². The highest BCUT2D eigenvalue weighted by Crippen LogP contribution is 2.47. The number of hydrogen-bond acceptors (Lipinski definition) is 8. The first-order chi connectivity index (χ1) is 26.3. The number of hydrogen-bond donors (Lipinski definition) is 0. The van der Waals surface area contributed by atoms with Crippen molar-refractivity contribution in [2.24, 2.45) is 0 Å². The van der Waals surface area contributed by atoms with Gasteiger partial charge < -0.3 is 14.5 Å². The number of thiazole rings is 2. The number of aromatic nitrogens is 2. The van der Waals surface area contributed by atoms with Crippen molar-refractivity contribution >= 4 is 114 Å². The van der Waals surface area contributed by atoms with Crippen molar-refractivity contribution < 1.29 is 14.1 Å². The van der Waals surface area contributed by atoms with Crippen LogP contribution in [0.2, 0.25) is 10.0 Å². The number of fused-ring (bicyclic) bond motifs is 3. The molecule has 0 atom stereocenters. The normalized spacial score (nSPS) is 13.8. The highest BCUT2D eigenvalue weighted by Gasteiger charge is 2.25. The zero-order valence-electron chi connectivity index (χ0n) is 30.4. The van der Waals surface area contributed by atoms with Gasteiger partial charge in [-0.1, -0.05) is 83.6 Å². The SMILES string of the molecule is CCC(=C\c1sc2ccc(Cl)cc2[n+]1CCOC(=O)CCCN(C)c1ccc(/C=C/c2nc3ccccc3s2)cc1)/C=C1/Sc2ccc(Cl)cc2N1CC. The molecule has 0 fully saturated rings. The fourth-order valence-electron chi connectivity index (χ4n) is 6.36. The Kier molecular flexibility index (Phi) is 12.4. The summed E-state index contributed by atoms with van der Waals surface area (Å²) in [5, 5.41) is 4.68. The summed E-state index contributed by atoms with van der Waals surface area (Å²) >= 11 is 18.0. The molecular weight excluding hydrogens is 772 g/mol. The van der Waals surface area contributed by atoms with Crippen LogP contribution in [-0.2, 0) is 16.1 Å². The topological polar surface area (TPSA) is 49.6 Å². The first-order valence-corrected chi connectivity index (χ1v) is 21.3. The lowest BCUT2D eigenvalue weighted by atomic mass is 10.2. The van der Waals surface area contributed by atoms with E-state index in [0.717, 1.165) is 67.2 Å². The predicted octanol–water partition coefficient (Wildman–Crippen LogP) is 12.0. The minimum atomic E-state index is -0.189. The lowest BCUT2D eigenvalue weighted by Crippen LogP contribution is -2.38. The van der Waals surface area contributed by atoms with Crippen molar-refractivity contribution in [3.05, 3.63) is 127 Å². The molecule has 54 heavy (non-hydrogen) atoms. The van der Waals surface area contributed by atoms with E-state index < -0.39 is 0 Å². The van der Waals surface area contributed by atoms with Crippen LogP contribution in [0.25, 0.3) is 38.7 Å². The molecule has 3 heterocycles. The molecule has 0 bridgehead atoms. The molecule has 0 radical (unpaired) electrons.